The fraction of sp³-hybridized carbons (Fsp3) is 0.185. The number of amides is 1. The van der Waals surface area contributed by atoms with Crippen LogP contribution in [0.15, 0.2) is 65.6 Å². The van der Waals surface area contributed by atoms with Crippen LogP contribution in [0.2, 0.25) is 0 Å². The van der Waals surface area contributed by atoms with Crippen LogP contribution in [0.25, 0.3) is 6.08 Å². The highest BCUT2D eigenvalue weighted by Gasteiger charge is 2.32. The van der Waals surface area contributed by atoms with Gasteiger partial charge in [-0.05, 0) is 83.5 Å². The van der Waals surface area contributed by atoms with Gasteiger partial charge in [0.15, 0.2) is 11.5 Å². The predicted octanol–water partition coefficient (Wildman–Crippen LogP) is 7.12. The van der Waals surface area contributed by atoms with E-state index in [0.717, 1.165) is 20.3 Å². The normalized spacial score (nSPS) is 14.6. The number of carbonyl (C=O) groups is 1. The molecule has 0 spiro atoms. The summed E-state index contributed by atoms with van der Waals surface area (Å²) in [6, 6.07) is 18.1. The first kappa shape index (κ1) is 25.7. The van der Waals surface area contributed by atoms with Crippen molar-refractivity contribution < 1.29 is 18.7 Å². The van der Waals surface area contributed by atoms with Crippen molar-refractivity contribution in [3.63, 3.8) is 0 Å². The Bertz CT molecular complexity index is 1280. The van der Waals surface area contributed by atoms with E-state index in [0.29, 0.717) is 33.9 Å². The van der Waals surface area contributed by atoms with Crippen LogP contribution < -0.4 is 9.47 Å². The number of hydrogen-bond acceptors (Lipinski definition) is 5. The third-order valence-electron chi connectivity index (χ3n) is 5.26. The summed E-state index contributed by atoms with van der Waals surface area (Å²) < 4.78 is 26.4. The highest BCUT2D eigenvalue weighted by Crippen LogP contribution is 2.38. The molecule has 4 nitrogen and oxygen atoms in total. The highest BCUT2D eigenvalue weighted by molar-refractivity contribution is 14.1. The Balaban J connectivity index is 1.54. The Labute approximate surface area is 227 Å². The van der Waals surface area contributed by atoms with Crippen molar-refractivity contribution in [3.8, 4) is 11.5 Å². The number of thioether (sulfide) groups is 1. The molecule has 0 aromatic heterocycles. The van der Waals surface area contributed by atoms with Gasteiger partial charge in [-0.3, -0.25) is 9.69 Å². The lowest BCUT2D eigenvalue weighted by atomic mass is 10.1. The second-order valence-electron chi connectivity index (χ2n) is 7.93. The lowest BCUT2D eigenvalue weighted by Gasteiger charge is -2.15. The molecule has 0 saturated carbocycles. The molecule has 180 valence electrons. The summed E-state index contributed by atoms with van der Waals surface area (Å²) in [5, 5.41) is 0. The molecule has 0 N–H and O–H groups in total. The molecule has 1 amide bonds. The minimum atomic E-state index is -0.285. The van der Waals surface area contributed by atoms with Gasteiger partial charge in [-0.2, -0.15) is 0 Å². The predicted molar refractivity (Wildman–Crippen MR) is 151 cm³/mol. The molecule has 4 rings (SSSR count). The molecular formula is C27H23FINO3S2. The number of ether oxygens (including phenoxy) is 2. The van der Waals surface area contributed by atoms with Crippen LogP contribution in [0.4, 0.5) is 4.39 Å². The standard InChI is InChI=1S/C27H23FINO3S2/c1-3-32-23-13-20(12-22(29)25(23)33-16-19-8-10-21(28)11-9-19)14-24-26(31)30(27(34)35-24)15-18-6-4-17(2)5-7-18/h4-14H,3,15-16H2,1-2H3/b24-14-. The van der Waals surface area contributed by atoms with E-state index < -0.39 is 0 Å². The third kappa shape index (κ3) is 6.42. The van der Waals surface area contributed by atoms with E-state index in [1.54, 1.807) is 17.0 Å². The summed E-state index contributed by atoms with van der Waals surface area (Å²) in [6.45, 7) is 5.13. The Morgan fingerprint density at radius 2 is 1.74 bits per heavy atom. The number of thiocarbonyl (C=S) groups is 1. The van der Waals surface area contributed by atoms with Crippen molar-refractivity contribution in [2.45, 2.75) is 27.0 Å². The van der Waals surface area contributed by atoms with E-state index >= 15 is 0 Å². The molecule has 0 unspecified atom stereocenters. The molecule has 1 saturated heterocycles. The lowest BCUT2D eigenvalue weighted by Crippen LogP contribution is -2.27. The number of carbonyl (C=O) groups excluding carboxylic acids is 1. The SMILES string of the molecule is CCOc1cc(/C=C2\SC(=S)N(Cc3ccc(C)cc3)C2=O)cc(I)c1OCc1ccc(F)cc1. The topological polar surface area (TPSA) is 38.8 Å². The Hall–Kier alpha value is -2.43. The summed E-state index contributed by atoms with van der Waals surface area (Å²) in [4.78, 5) is 15.3. The van der Waals surface area contributed by atoms with Gasteiger partial charge in [0, 0.05) is 0 Å². The maximum atomic E-state index is 13.2. The van der Waals surface area contributed by atoms with Crippen LogP contribution in [0.3, 0.4) is 0 Å². The van der Waals surface area contributed by atoms with Crippen LogP contribution in [-0.4, -0.2) is 21.7 Å². The summed E-state index contributed by atoms with van der Waals surface area (Å²) in [5.74, 6) is 0.806. The average molecular weight is 620 g/mol. The third-order valence-corrected chi connectivity index (χ3v) is 7.44. The zero-order chi connectivity index (χ0) is 24.9. The van der Waals surface area contributed by atoms with E-state index in [4.69, 9.17) is 21.7 Å². The summed E-state index contributed by atoms with van der Waals surface area (Å²) in [6.07, 6.45) is 1.84. The van der Waals surface area contributed by atoms with Crippen molar-refractivity contribution >= 4 is 62.9 Å². The molecular weight excluding hydrogens is 596 g/mol. The van der Waals surface area contributed by atoms with Crippen LogP contribution in [0, 0.1) is 16.3 Å². The van der Waals surface area contributed by atoms with E-state index in [1.165, 1.54) is 29.5 Å². The van der Waals surface area contributed by atoms with Crippen molar-refractivity contribution in [3.05, 3.63) is 97.2 Å². The molecule has 1 aliphatic rings. The van der Waals surface area contributed by atoms with Crippen molar-refractivity contribution in [2.75, 3.05) is 6.61 Å². The molecule has 3 aromatic rings. The zero-order valence-electron chi connectivity index (χ0n) is 19.2. The van der Waals surface area contributed by atoms with Crippen molar-refractivity contribution in [1.29, 1.82) is 0 Å². The van der Waals surface area contributed by atoms with Gasteiger partial charge >= 0.3 is 0 Å². The fourth-order valence-electron chi connectivity index (χ4n) is 3.47. The van der Waals surface area contributed by atoms with Crippen LogP contribution in [-0.2, 0) is 17.9 Å². The Kier molecular flexibility index (Phi) is 8.46. The second kappa shape index (κ2) is 11.5. The van der Waals surface area contributed by atoms with Gasteiger partial charge in [0.1, 0.15) is 16.7 Å². The minimum Gasteiger partial charge on any atom is -0.490 e. The van der Waals surface area contributed by atoms with Gasteiger partial charge in [0.25, 0.3) is 5.91 Å². The first-order valence-electron chi connectivity index (χ1n) is 11.0. The van der Waals surface area contributed by atoms with Crippen LogP contribution in [0.5, 0.6) is 11.5 Å². The number of benzene rings is 3. The van der Waals surface area contributed by atoms with Gasteiger partial charge in [-0.15, -0.1) is 0 Å². The van der Waals surface area contributed by atoms with E-state index in [-0.39, 0.29) is 18.3 Å². The molecule has 1 heterocycles. The first-order chi connectivity index (χ1) is 16.8. The molecule has 0 atom stereocenters. The summed E-state index contributed by atoms with van der Waals surface area (Å²) >= 11 is 8.99. The van der Waals surface area contributed by atoms with Gasteiger partial charge in [0.05, 0.1) is 21.6 Å². The summed E-state index contributed by atoms with van der Waals surface area (Å²) in [5.41, 5.74) is 3.88. The van der Waals surface area contributed by atoms with Crippen LogP contribution in [0.1, 0.15) is 29.2 Å². The van der Waals surface area contributed by atoms with E-state index in [2.05, 4.69) is 22.6 Å². The Morgan fingerprint density at radius 1 is 1.06 bits per heavy atom. The molecule has 0 bridgehead atoms. The maximum absolute atomic E-state index is 13.2. The molecule has 3 aromatic carbocycles. The first-order valence-corrected chi connectivity index (χ1v) is 13.3. The monoisotopic (exact) mass is 619 g/mol. The number of hydrogen-bond donors (Lipinski definition) is 0. The minimum absolute atomic E-state index is 0.106. The number of aryl methyl sites for hydroxylation is 1. The van der Waals surface area contributed by atoms with Gasteiger partial charge < -0.3 is 9.47 Å². The van der Waals surface area contributed by atoms with E-state index in [9.17, 15) is 9.18 Å². The molecule has 0 radical (unpaired) electrons. The maximum Gasteiger partial charge on any atom is 0.266 e. The Morgan fingerprint density at radius 3 is 2.43 bits per heavy atom. The van der Waals surface area contributed by atoms with Crippen molar-refractivity contribution in [2.24, 2.45) is 0 Å². The molecule has 35 heavy (non-hydrogen) atoms. The summed E-state index contributed by atoms with van der Waals surface area (Å²) in [7, 11) is 0. The van der Waals surface area contributed by atoms with Crippen molar-refractivity contribution in [1.82, 2.24) is 4.90 Å². The molecule has 8 heteroatoms. The zero-order valence-corrected chi connectivity index (χ0v) is 23.0. The van der Waals surface area contributed by atoms with Gasteiger partial charge in [-0.1, -0.05) is 65.9 Å². The number of halogens is 2. The highest BCUT2D eigenvalue weighted by atomic mass is 127. The number of nitrogens with zero attached hydrogens (tertiary/aromatic N) is 1. The smallest absolute Gasteiger partial charge is 0.266 e. The van der Waals surface area contributed by atoms with Gasteiger partial charge in [-0.25, -0.2) is 4.39 Å². The second-order valence-corrected chi connectivity index (χ2v) is 10.8. The lowest BCUT2D eigenvalue weighted by molar-refractivity contribution is -0.122. The molecule has 0 aliphatic carbocycles. The number of rotatable bonds is 8. The van der Waals surface area contributed by atoms with Crippen LogP contribution >= 0.6 is 46.6 Å². The quantitative estimate of drug-likeness (QED) is 0.153. The molecule has 1 fully saturated rings. The largest absolute Gasteiger partial charge is 0.490 e. The van der Waals surface area contributed by atoms with Gasteiger partial charge in [0.2, 0.25) is 0 Å². The molecule has 1 aliphatic heterocycles. The van der Waals surface area contributed by atoms with E-state index in [1.807, 2.05) is 56.3 Å². The average Bonchev–Trinajstić information content (AvgIpc) is 3.08. The fourth-order valence-corrected chi connectivity index (χ4v) is 5.51.